The second-order valence-electron chi connectivity index (χ2n) is 9.08. The molecule has 4 fully saturated rings. The molecular formula is C17H34N5OS+. The summed E-state index contributed by atoms with van der Waals surface area (Å²) >= 11 is 0. The molecule has 0 radical (unpaired) electrons. The van der Waals surface area contributed by atoms with Gasteiger partial charge in [0, 0.05) is 33.7 Å². The second-order valence-corrected chi connectivity index (χ2v) is 11.6. The van der Waals surface area contributed by atoms with Crippen molar-refractivity contribution >= 4 is 9.73 Å². The number of hydrogen-bond acceptors (Lipinski definition) is 5. The van der Waals surface area contributed by atoms with Gasteiger partial charge >= 0.3 is 0 Å². The summed E-state index contributed by atoms with van der Waals surface area (Å²) in [5.74, 6) is 1.30. The van der Waals surface area contributed by atoms with E-state index in [1.54, 1.807) is 6.26 Å². The summed E-state index contributed by atoms with van der Waals surface area (Å²) in [6, 6.07) is 0.727. The van der Waals surface area contributed by atoms with E-state index < -0.39 is 9.73 Å². The quantitative estimate of drug-likeness (QED) is 0.587. The monoisotopic (exact) mass is 356 g/mol. The van der Waals surface area contributed by atoms with E-state index in [4.69, 9.17) is 4.78 Å². The van der Waals surface area contributed by atoms with Crippen molar-refractivity contribution in [3.63, 3.8) is 0 Å². The number of rotatable bonds is 3. The number of fused-ring (bicyclic) bond motifs is 2. The summed E-state index contributed by atoms with van der Waals surface area (Å²) in [4.78, 5) is 5.24. The molecular weight excluding hydrogens is 322 g/mol. The number of quaternary nitrogens is 1. The maximum Gasteiger partial charge on any atom is 0.137 e. The topological polar surface area (TPSA) is 59.4 Å². The number of nitrogens with one attached hydrogen (secondary N) is 2. The van der Waals surface area contributed by atoms with Gasteiger partial charge in [0.2, 0.25) is 0 Å². The zero-order valence-electron chi connectivity index (χ0n) is 15.2. The zero-order chi connectivity index (χ0) is 16.9. The Labute approximate surface area is 147 Å². The molecule has 0 aromatic rings. The van der Waals surface area contributed by atoms with Crippen molar-refractivity contribution in [1.82, 2.24) is 15.1 Å². The highest BCUT2D eigenvalue weighted by Crippen LogP contribution is 2.36. The van der Waals surface area contributed by atoms with E-state index in [1.165, 1.54) is 37.2 Å². The first-order valence-electron chi connectivity index (χ1n) is 9.59. The Morgan fingerprint density at radius 1 is 1.38 bits per heavy atom. The molecule has 7 atom stereocenters. The smallest absolute Gasteiger partial charge is 0.137 e. The summed E-state index contributed by atoms with van der Waals surface area (Å²) in [5, 5.41) is 3.80. The van der Waals surface area contributed by atoms with Crippen LogP contribution in [0.5, 0.6) is 0 Å². The highest BCUT2D eigenvalue weighted by molar-refractivity contribution is 7.92. The third-order valence-corrected chi connectivity index (χ3v) is 8.73. The van der Waals surface area contributed by atoms with Crippen LogP contribution in [0.2, 0.25) is 0 Å². The van der Waals surface area contributed by atoms with Gasteiger partial charge in [0.25, 0.3) is 0 Å². The molecule has 0 aromatic carbocycles. The Kier molecular flexibility index (Phi) is 4.44. The molecule has 1 saturated carbocycles. The molecule has 4 rings (SSSR count). The lowest BCUT2D eigenvalue weighted by atomic mass is 9.88. The Morgan fingerprint density at radius 2 is 2.21 bits per heavy atom. The average Bonchev–Trinajstić information content (AvgIpc) is 2.60. The number of hydrogen-bond donors (Lipinski definition) is 2. The van der Waals surface area contributed by atoms with Gasteiger partial charge in [-0.1, -0.05) is 13.3 Å². The van der Waals surface area contributed by atoms with Crippen LogP contribution < -0.4 is 5.32 Å². The molecule has 7 unspecified atom stereocenters. The van der Waals surface area contributed by atoms with Crippen LogP contribution in [0, 0.1) is 16.6 Å². The summed E-state index contributed by atoms with van der Waals surface area (Å²) in [6.45, 7) is 10.6. The molecule has 2 N–H and O–H groups in total. The van der Waals surface area contributed by atoms with Crippen LogP contribution >= 0.6 is 0 Å². The largest absolute Gasteiger partial charge is 0.297 e. The summed E-state index contributed by atoms with van der Waals surface area (Å²) in [5.41, 5.74) is 0. The Bertz CT molecular complexity index is 582. The average molecular weight is 357 g/mol. The van der Waals surface area contributed by atoms with Crippen LogP contribution in [0.25, 0.3) is 0 Å². The molecule has 0 amide bonds. The first-order valence-corrected chi connectivity index (χ1v) is 11.6. The highest BCUT2D eigenvalue weighted by atomic mass is 32.2. The summed E-state index contributed by atoms with van der Waals surface area (Å²) < 4.78 is 21.4. The van der Waals surface area contributed by atoms with Gasteiger partial charge in [0.05, 0.1) is 32.5 Å². The minimum Gasteiger partial charge on any atom is -0.297 e. The SMILES string of the molecule is CC1CC(S(C)(=N)=O)CCCC1C[N+]12CNCN3CN(CC3C1)C2. The van der Waals surface area contributed by atoms with Gasteiger partial charge in [0.1, 0.15) is 13.3 Å². The van der Waals surface area contributed by atoms with Crippen molar-refractivity contribution in [2.45, 2.75) is 43.9 Å². The minimum absolute atomic E-state index is 0.108. The van der Waals surface area contributed by atoms with Crippen LogP contribution in [0.3, 0.4) is 0 Å². The van der Waals surface area contributed by atoms with E-state index >= 15 is 0 Å². The minimum atomic E-state index is -2.40. The van der Waals surface area contributed by atoms with Gasteiger partial charge in [-0.05, 0) is 25.2 Å². The van der Waals surface area contributed by atoms with Gasteiger partial charge < -0.3 is 0 Å². The maximum absolute atomic E-state index is 12.2. The molecule has 3 heterocycles. The van der Waals surface area contributed by atoms with Gasteiger partial charge in [0.15, 0.2) is 0 Å². The van der Waals surface area contributed by atoms with Crippen molar-refractivity contribution < 1.29 is 8.69 Å². The van der Waals surface area contributed by atoms with Gasteiger partial charge in [-0.2, -0.15) is 0 Å². The predicted molar refractivity (Wildman–Crippen MR) is 96.6 cm³/mol. The second kappa shape index (κ2) is 6.20. The zero-order valence-corrected chi connectivity index (χ0v) is 16.1. The fourth-order valence-electron chi connectivity index (χ4n) is 5.76. The lowest BCUT2D eigenvalue weighted by Crippen LogP contribution is -2.64. The third kappa shape index (κ3) is 3.26. The van der Waals surface area contributed by atoms with Crippen LogP contribution in [-0.2, 0) is 9.73 Å². The lowest BCUT2D eigenvalue weighted by Gasteiger charge is -2.46. The van der Waals surface area contributed by atoms with E-state index in [9.17, 15) is 4.21 Å². The molecule has 0 spiro atoms. The molecule has 138 valence electrons. The molecule has 1 aliphatic carbocycles. The van der Waals surface area contributed by atoms with Crippen LogP contribution in [-0.4, -0.2) is 82.3 Å². The van der Waals surface area contributed by atoms with Crippen molar-refractivity contribution in [1.29, 1.82) is 4.78 Å². The molecule has 0 aromatic heterocycles. The first kappa shape index (κ1) is 17.2. The Morgan fingerprint density at radius 3 is 3.00 bits per heavy atom. The fourth-order valence-corrected chi connectivity index (χ4v) is 7.05. The molecule has 3 bridgehead atoms. The summed E-state index contributed by atoms with van der Waals surface area (Å²) in [6.07, 6.45) is 6.02. The van der Waals surface area contributed by atoms with Gasteiger partial charge in [-0.15, -0.1) is 0 Å². The molecule has 3 aliphatic heterocycles. The molecule has 24 heavy (non-hydrogen) atoms. The Hall–Kier alpha value is -0.210. The number of nitrogens with zero attached hydrogens (tertiary/aromatic N) is 3. The van der Waals surface area contributed by atoms with Crippen molar-refractivity contribution in [3.8, 4) is 0 Å². The van der Waals surface area contributed by atoms with Crippen LogP contribution in [0.1, 0.15) is 32.6 Å². The standard InChI is InChI=1S/C17H34N5OS/c1-14-6-17(24(2,18)23)5-3-4-15(14)8-22-9-16-7-20(13-22)12-21(16)10-19-11-22/h14-19H,3-13H2,1-2H3/q+1. The van der Waals surface area contributed by atoms with Crippen LogP contribution in [0.4, 0.5) is 0 Å². The normalized spacial score (nSPS) is 48.7. The van der Waals surface area contributed by atoms with Crippen LogP contribution in [0.15, 0.2) is 0 Å². The fraction of sp³-hybridized carbons (Fsp3) is 1.00. The van der Waals surface area contributed by atoms with E-state index in [0.29, 0.717) is 11.8 Å². The van der Waals surface area contributed by atoms with Crippen molar-refractivity contribution in [2.75, 3.05) is 52.6 Å². The third-order valence-electron chi connectivity index (χ3n) is 7.03. The molecule has 6 nitrogen and oxygen atoms in total. The lowest BCUT2D eigenvalue weighted by molar-refractivity contribution is -0.946. The van der Waals surface area contributed by atoms with E-state index in [1.807, 2.05) is 0 Å². The van der Waals surface area contributed by atoms with Gasteiger partial charge in [-0.3, -0.25) is 19.5 Å². The van der Waals surface area contributed by atoms with E-state index in [-0.39, 0.29) is 5.25 Å². The van der Waals surface area contributed by atoms with Crippen molar-refractivity contribution in [2.24, 2.45) is 11.8 Å². The predicted octanol–water partition coefficient (Wildman–Crippen LogP) is 1.11. The molecule has 7 heteroatoms. The molecule has 4 aliphatic rings. The van der Waals surface area contributed by atoms with E-state index in [2.05, 4.69) is 22.0 Å². The first-order chi connectivity index (χ1) is 11.3. The highest BCUT2D eigenvalue weighted by Gasteiger charge is 2.49. The van der Waals surface area contributed by atoms with Crippen molar-refractivity contribution in [3.05, 3.63) is 0 Å². The summed E-state index contributed by atoms with van der Waals surface area (Å²) in [7, 11) is -2.40. The van der Waals surface area contributed by atoms with E-state index in [0.717, 1.165) is 45.3 Å². The Balaban J connectivity index is 1.48. The maximum atomic E-state index is 12.2. The molecule has 3 saturated heterocycles. The van der Waals surface area contributed by atoms with Gasteiger partial charge in [-0.25, -0.2) is 9.11 Å².